The minimum atomic E-state index is -3.83. The summed E-state index contributed by atoms with van der Waals surface area (Å²) in [5.74, 6) is -5.61. The molecule has 1 N–H and O–H groups in total. The zero-order valence-electron chi connectivity index (χ0n) is 19.0. The van der Waals surface area contributed by atoms with Crippen LogP contribution in [0.5, 0.6) is 5.75 Å². The van der Waals surface area contributed by atoms with E-state index < -0.39 is 31.7 Å². The highest BCUT2D eigenvalue weighted by atomic mass is 35.5. The van der Waals surface area contributed by atoms with Gasteiger partial charge in [0.1, 0.15) is 5.75 Å². The average Bonchev–Trinajstić information content (AvgIpc) is 2.69. The van der Waals surface area contributed by atoms with Crippen LogP contribution in [0.25, 0.3) is 0 Å². The highest BCUT2D eigenvalue weighted by Crippen LogP contribution is 2.39. The lowest BCUT2D eigenvalue weighted by atomic mass is 10.1. The van der Waals surface area contributed by atoms with Crippen molar-refractivity contribution in [1.82, 2.24) is 0 Å². The summed E-state index contributed by atoms with van der Waals surface area (Å²) < 4.78 is 39.3. The molecule has 0 radical (unpaired) electrons. The van der Waals surface area contributed by atoms with E-state index in [1.54, 1.807) is 6.07 Å². The van der Waals surface area contributed by atoms with Gasteiger partial charge in [-0.05, 0) is 55.4 Å². The van der Waals surface area contributed by atoms with Gasteiger partial charge in [-0.3, -0.25) is 4.79 Å². The molecule has 0 spiro atoms. The van der Waals surface area contributed by atoms with E-state index in [1.165, 1.54) is 31.2 Å². The minimum Gasteiger partial charge on any atom is -0.542 e. The minimum absolute atomic E-state index is 0.0703. The van der Waals surface area contributed by atoms with Gasteiger partial charge < -0.3 is 14.5 Å². The molecule has 2 aromatic carbocycles. The number of anilines is 1. The van der Waals surface area contributed by atoms with Crippen molar-refractivity contribution in [3.63, 3.8) is 0 Å². The lowest BCUT2D eigenvalue weighted by Gasteiger charge is -2.36. The molecular weight excluding hydrogens is 456 g/mol. The first-order chi connectivity index (χ1) is 14.7. The molecule has 32 heavy (non-hydrogen) atoms. The van der Waals surface area contributed by atoms with Crippen LogP contribution in [-0.2, 0) is 15.5 Å². The van der Waals surface area contributed by atoms with Crippen molar-refractivity contribution in [2.75, 3.05) is 11.9 Å². The molecule has 0 saturated carbocycles. The molecule has 0 fully saturated rings. The number of halogens is 3. The maximum absolute atomic E-state index is 14.3. The molecule has 0 saturated heterocycles. The molecule has 0 aliphatic heterocycles. The van der Waals surface area contributed by atoms with Crippen LogP contribution in [0.3, 0.4) is 0 Å². The smallest absolute Gasteiger partial charge is 0.381 e. The Kier molecular flexibility index (Phi) is 7.73. The first kappa shape index (κ1) is 25.8. The number of carbonyl (C=O) groups is 2. The average molecular weight is 484 g/mol. The number of ether oxygens (including phenoxy) is 1. The van der Waals surface area contributed by atoms with Gasteiger partial charge in [0.25, 0.3) is 14.2 Å². The van der Waals surface area contributed by atoms with Crippen LogP contribution in [0.4, 0.5) is 14.5 Å². The third-order valence-electron chi connectivity index (χ3n) is 5.38. The molecule has 0 heterocycles. The van der Waals surface area contributed by atoms with Crippen molar-refractivity contribution in [1.29, 1.82) is 0 Å². The number of alkyl halides is 2. The Morgan fingerprint density at radius 3 is 2.34 bits per heavy atom. The summed E-state index contributed by atoms with van der Waals surface area (Å²) in [6, 6.07) is 9.53. The zero-order valence-corrected chi connectivity index (χ0v) is 20.8. The number of esters is 1. The molecule has 1 amide bonds. The van der Waals surface area contributed by atoms with Crippen LogP contribution >= 0.6 is 11.6 Å². The van der Waals surface area contributed by atoms with Crippen molar-refractivity contribution in [2.45, 2.75) is 51.7 Å². The SMILES string of the molecule is CCOC(=O)C(F)(F)c1cccc(NC(=O)c2ccc(Cl)c(O[Si](C)(C)C(C)(C)C)c2)c1. The Hall–Kier alpha value is -2.45. The monoisotopic (exact) mass is 483 g/mol. The summed E-state index contributed by atoms with van der Waals surface area (Å²) in [5, 5.41) is 2.88. The number of nitrogens with one attached hydrogen (secondary N) is 1. The Balaban J connectivity index is 2.26. The van der Waals surface area contributed by atoms with Gasteiger partial charge in [0.15, 0.2) is 0 Å². The summed E-state index contributed by atoms with van der Waals surface area (Å²) in [6.07, 6.45) is 0. The highest BCUT2D eigenvalue weighted by Gasteiger charge is 2.43. The molecule has 0 atom stereocenters. The fraction of sp³-hybridized carbons (Fsp3) is 0.391. The van der Waals surface area contributed by atoms with Crippen molar-refractivity contribution in [3.05, 3.63) is 58.6 Å². The van der Waals surface area contributed by atoms with Gasteiger partial charge in [-0.2, -0.15) is 8.78 Å². The van der Waals surface area contributed by atoms with Gasteiger partial charge >= 0.3 is 11.9 Å². The van der Waals surface area contributed by atoms with E-state index >= 15 is 0 Å². The quantitative estimate of drug-likeness (QED) is 0.354. The summed E-state index contributed by atoms with van der Waals surface area (Å²) in [4.78, 5) is 24.4. The van der Waals surface area contributed by atoms with Gasteiger partial charge in [-0.25, -0.2) is 4.79 Å². The number of hydrogen-bond acceptors (Lipinski definition) is 4. The molecular formula is C23H28ClF2NO4Si. The Labute approximate surface area is 193 Å². The number of amides is 1. The van der Waals surface area contributed by atoms with Gasteiger partial charge in [0, 0.05) is 16.8 Å². The van der Waals surface area contributed by atoms with E-state index in [2.05, 4.69) is 43.9 Å². The van der Waals surface area contributed by atoms with Crippen molar-refractivity contribution < 1.29 is 27.5 Å². The van der Waals surface area contributed by atoms with Gasteiger partial charge in [-0.1, -0.05) is 44.5 Å². The first-order valence-electron chi connectivity index (χ1n) is 10.1. The van der Waals surface area contributed by atoms with E-state index in [1.807, 2.05) is 0 Å². The lowest BCUT2D eigenvalue weighted by Crippen LogP contribution is -2.44. The maximum atomic E-state index is 14.3. The number of carbonyl (C=O) groups excluding carboxylic acids is 2. The van der Waals surface area contributed by atoms with E-state index in [0.717, 1.165) is 12.1 Å². The summed E-state index contributed by atoms with van der Waals surface area (Å²) in [7, 11) is -2.20. The zero-order chi connectivity index (χ0) is 24.3. The molecule has 0 unspecified atom stereocenters. The molecule has 0 aliphatic rings. The molecule has 0 bridgehead atoms. The van der Waals surface area contributed by atoms with Crippen LogP contribution in [-0.4, -0.2) is 26.8 Å². The molecule has 2 rings (SSSR count). The van der Waals surface area contributed by atoms with Gasteiger partial charge in [0.05, 0.1) is 11.6 Å². The van der Waals surface area contributed by atoms with Gasteiger partial charge in [-0.15, -0.1) is 0 Å². The molecule has 9 heteroatoms. The second-order valence-corrected chi connectivity index (χ2v) is 14.0. The highest BCUT2D eigenvalue weighted by molar-refractivity contribution is 6.74. The normalized spacial score (nSPS) is 12.3. The third kappa shape index (κ3) is 5.86. The van der Waals surface area contributed by atoms with Crippen LogP contribution in [0.2, 0.25) is 23.2 Å². The van der Waals surface area contributed by atoms with E-state index in [0.29, 0.717) is 10.8 Å². The maximum Gasteiger partial charge on any atom is 0.381 e. The van der Waals surface area contributed by atoms with E-state index in [9.17, 15) is 18.4 Å². The molecule has 2 aromatic rings. The second kappa shape index (κ2) is 9.58. The summed E-state index contributed by atoms with van der Waals surface area (Å²) in [6.45, 7) is 11.7. The number of benzene rings is 2. The van der Waals surface area contributed by atoms with E-state index in [4.69, 9.17) is 16.0 Å². The molecule has 0 aromatic heterocycles. The van der Waals surface area contributed by atoms with Crippen molar-refractivity contribution >= 4 is 37.5 Å². The lowest BCUT2D eigenvalue weighted by molar-refractivity contribution is -0.173. The van der Waals surface area contributed by atoms with Crippen LogP contribution in [0.1, 0.15) is 43.6 Å². The van der Waals surface area contributed by atoms with Crippen LogP contribution < -0.4 is 9.74 Å². The predicted octanol–water partition coefficient (Wildman–Crippen LogP) is 6.63. The van der Waals surface area contributed by atoms with Crippen LogP contribution in [0.15, 0.2) is 42.5 Å². The van der Waals surface area contributed by atoms with E-state index in [-0.39, 0.29) is 22.9 Å². The van der Waals surface area contributed by atoms with Gasteiger partial charge in [0.2, 0.25) is 0 Å². The topological polar surface area (TPSA) is 64.6 Å². The predicted molar refractivity (Wildman–Crippen MR) is 124 cm³/mol. The Bertz CT molecular complexity index is 1010. The third-order valence-corrected chi connectivity index (χ3v) is 10.0. The molecule has 0 aliphatic carbocycles. The number of hydrogen-bond donors (Lipinski definition) is 1. The summed E-state index contributed by atoms with van der Waals surface area (Å²) in [5.41, 5.74) is -0.212. The summed E-state index contributed by atoms with van der Waals surface area (Å²) >= 11 is 6.28. The van der Waals surface area contributed by atoms with Crippen molar-refractivity contribution in [3.8, 4) is 5.75 Å². The van der Waals surface area contributed by atoms with Crippen LogP contribution in [0, 0.1) is 0 Å². The molecule has 5 nitrogen and oxygen atoms in total. The largest absolute Gasteiger partial charge is 0.542 e. The fourth-order valence-corrected chi connectivity index (χ4v) is 3.73. The number of rotatable bonds is 7. The molecule has 174 valence electrons. The second-order valence-electron chi connectivity index (χ2n) is 8.84. The first-order valence-corrected chi connectivity index (χ1v) is 13.4. The van der Waals surface area contributed by atoms with Crippen molar-refractivity contribution in [2.24, 2.45) is 0 Å². The Morgan fingerprint density at radius 1 is 1.09 bits per heavy atom. The standard InChI is InChI=1S/C23H28ClF2NO4Si/c1-7-30-21(29)23(25,26)16-9-8-10-17(14-16)27-20(28)15-11-12-18(24)19(13-15)31-32(5,6)22(2,3)4/h8-14H,7H2,1-6H3,(H,27,28). The fourth-order valence-electron chi connectivity index (χ4n) is 2.49. The Morgan fingerprint density at radius 2 is 1.75 bits per heavy atom.